The SMILES string of the molecule is Cc1ccc(NC(=O)Cn2cc(-c3noc(-c4cccc(F)c4)n3)nc2C)cc1Cl. The lowest BCUT2D eigenvalue weighted by atomic mass is 10.2. The van der Waals surface area contributed by atoms with Gasteiger partial charge >= 0.3 is 0 Å². The van der Waals surface area contributed by atoms with Gasteiger partial charge in [0.15, 0.2) is 0 Å². The Morgan fingerprint density at radius 2 is 2.03 bits per heavy atom. The second-order valence-corrected chi connectivity index (χ2v) is 7.15. The number of aryl methyl sites for hydroxylation is 2. The minimum absolute atomic E-state index is 0.0545. The number of carbonyl (C=O) groups is 1. The van der Waals surface area contributed by atoms with Crippen LogP contribution in [0, 0.1) is 19.7 Å². The quantitative estimate of drug-likeness (QED) is 0.503. The normalized spacial score (nSPS) is 10.9. The second kappa shape index (κ2) is 8.08. The highest BCUT2D eigenvalue weighted by Gasteiger charge is 2.16. The molecule has 0 atom stereocenters. The van der Waals surface area contributed by atoms with Gasteiger partial charge in [0.05, 0.1) is 0 Å². The summed E-state index contributed by atoms with van der Waals surface area (Å²) < 4.78 is 20.3. The molecule has 0 saturated heterocycles. The average molecular weight is 426 g/mol. The number of nitrogens with zero attached hydrogens (tertiary/aromatic N) is 4. The summed E-state index contributed by atoms with van der Waals surface area (Å²) in [5.74, 6) is 0.426. The molecule has 0 aliphatic heterocycles. The van der Waals surface area contributed by atoms with Crippen molar-refractivity contribution in [3.8, 4) is 23.0 Å². The summed E-state index contributed by atoms with van der Waals surface area (Å²) in [6, 6.07) is 11.2. The van der Waals surface area contributed by atoms with Crippen LogP contribution in [0.25, 0.3) is 23.0 Å². The molecule has 152 valence electrons. The summed E-state index contributed by atoms with van der Waals surface area (Å²) in [5, 5.41) is 7.30. The molecule has 0 fully saturated rings. The van der Waals surface area contributed by atoms with E-state index >= 15 is 0 Å². The zero-order valence-electron chi connectivity index (χ0n) is 16.2. The number of hydrogen-bond donors (Lipinski definition) is 1. The summed E-state index contributed by atoms with van der Waals surface area (Å²) in [5.41, 5.74) is 2.47. The fraction of sp³-hybridized carbons (Fsp3) is 0.143. The van der Waals surface area contributed by atoms with Gasteiger partial charge in [-0.3, -0.25) is 4.79 Å². The van der Waals surface area contributed by atoms with E-state index < -0.39 is 5.82 Å². The average Bonchev–Trinajstić information content (AvgIpc) is 3.32. The number of amides is 1. The number of hydrogen-bond acceptors (Lipinski definition) is 5. The van der Waals surface area contributed by atoms with Crippen LogP contribution in [-0.4, -0.2) is 25.6 Å². The van der Waals surface area contributed by atoms with E-state index in [0.29, 0.717) is 27.8 Å². The molecule has 4 rings (SSSR count). The van der Waals surface area contributed by atoms with Crippen LogP contribution < -0.4 is 5.32 Å². The number of carbonyl (C=O) groups excluding carboxylic acids is 1. The first-order valence-electron chi connectivity index (χ1n) is 9.09. The molecule has 0 spiro atoms. The molecule has 2 heterocycles. The van der Waals surface area contributed by atoms with Crippen molar-refractivity contribution in [2.45, 2.75) is 20.4 Å². The van der Waals surface area contributed by atoms with Crippen molar-refractivity contribution in [3.05, 3.63) is 70.9 Å². The van der Waals surface area contributed by atoms with Crippen molar-refractivity contribution in [1.29, 1.82) is 0 Å². The van der Waals surface area contributed by atoms with E-state index in [2.05, 4.69) is 20.4 Å². The van der Waals surface area contributed by atoms with E-state index in [9.17, 15) is 9.18 Å². The molecule has 0 aliphatic rings. The van der Waals surface area contributed by atoms with Gasteiger partial charge in [-0.2, -0.15) is 4.98 Å². The topological polar surface area (TPSA) is 85.8 Å². The lowest BCUT2D eigenvalue weighted by Crippen LogP contribution is -2.19. The molecule has 0 saturated carbocycles. The number of aromatic nitrogens is 4. The number of imidazole rings is 1. The standard InChI is InChI=1S/C21H17ClFN5O2/c1-12-6-7-16(9-17(12)22)25-19(29)11-28-10-18(24-13(28)2)20-26-21(30-27-20)14-4-3-5-15(23)8-14/h3-10H,11H2,1-2H3,(H,25,29). The van der Waals surface area contributed by atoms with Gasteiger partial charge in [0, 0.05) is 22.5 Å². The van der Waals surface area contributed by atoms with E-state index in [4.69, 9.17) is 16.1 Å². The van der Waals surface area contributed by atoms with Crippen LogP contribution in [0.5, 0.6) is 0 Å². The van der Waals surface area contributed by atoms with Crippen LogP contribution >= 0.6 is 11.6 Å². The third kappa shape index (κ3) is 4.23. The van der Waals surface area contributed by atoms with Crippen molar-refractivity contribution in [1.82, 2.24) is 19.7 Å². The molecule has 9 heteroatoms. The molecule has 0 unspecified atom stereocenters. The Bertz CT molecular complexity index is 1230. The molecular formula is C21H17ClFN5O2. The van der Waals surface area contributed by atoms with Crippen molar-refractivity contribution in [3.63, 3.8) is 0 Å². The highest BCUT2D eigenvalue weighted by atomic mass is 35.5. The van der Waals surface area contributed by atoms with Gasteiger partial charge < -0.3 is 14.4 Å². The molecule has 2 aromatic heterocycles. The summed E-state index contributed by atoms with van der Waals surface area (Å²) in [6.45, 7) is 3.72. The number of nitrogens with one attached hydrogen (secondary N) is 1. The minimum atomic E-state index is -0.395. The molecule has 30 heavy (non-hydrogen) atoms. The van der Waals surface area contributed by atoms with E-state index in [1.807, 2.05) is 13.0 Å². The third-order valence-electron chi connectivity index (χ3n) is 4.47. The second-order valence-electron chi connectivity index (χ2n) is 6.75. The van der Waals surface area contributed by atoms with Crippen molar-refractivity contribution >= 4 is 23.2 Å². The van der Waals surface area contributed by atoms with Gasteiger partial charge in [0.1, 0.15) is 23.9 Å². The van der Waals surface area contributed by atoms with Gasteiger partial charge in [-0.15, -0.1) is 0 Å². The largest absolute Gasteiger partial charge is 0.334 e. The Labute approximate surface area is 176 Å². The molecule has 0 radical (unpaired) electrons. The zero-order chi connectivity index (χ0) is 21.3. The summed E-state index contributed by atoms with van der Waals surface area (Å²) >= 11 is 6.10. The number of rotatable bonds is 5. The number of halogens is 2. The third-order valence-corrected chi connectivity index (χ3v) is 4.88. The fourth-order valence-electron chi connectivity index (χ4n) is 2.87. The van der Waals surface area contributed by atoms with Crippen LogP contribution in [0.2, 0.25) is 5.02 Å². The van der Waals surface area contributed by atoms with Crippen molar-refractivity contribution in [2.24, 2.45) is 0 Å². The minimum Gasteiger partial charge on any atom is -0.334 e. The number of benzene rings is 2. The molecule has 0 bridgehead atoms. The zero-order valence-corrected chi connectivity index (χ0v) is 16.9. The van der Waals surface area contributed by atoms with Gasteiger partial charge in [0.2, 0.25) is 11.7 Å². The molecule has 1 amide bonds. The van der Waals surface area contributed by atoms with Crippen LogP contribution in [0.15, 0.2) is 53.2 Å². The molecule has 7 nitrogen and oxygen atoms in total. The lowest BCUT2D eigenvalue weighted by molar-refractivity contribution is -0.116. The van der Waals surface area contributed by atoms with Gasteiger partial charge in [-0.05, 0) is 49.7 Å². The first-order chi connectivity index (χ1) is 14.4. The van der Waals surface area contributed by atoms with E-state index in [1.165, 1.54) is 12.1 Å². The first-order valence-corrected chi connectivity index (χ1v) is 9.46. The van der Waals surface area contributed by atoms with Crippen LogP contribution in [0.1, 0.15) is 11.4 Å². The molecule has 1 N–H and O–H groups in total. The summed E-state index contributed by atoms with van der Waals surface area (Å²) in [7, 11) is 0. The van der Waals surface area contributed by atoms with E-state index in [1.54, 1.807) is 42.0 Å². The van der Waals surface area contributed by atoms with E-state index in [0.717, 1.165) is 5.56 Å². The first kappa shape index (κ1) is 19.8. The Balaban J connectivity index is 1.49. The summed E-state index contributed by atoms with van der Waals surface area (Å²) in [4.78, 5) is 21.1. The van der Waals surface area contributed by atoms with E-state index in [-0.39, 0.29) is 24.2 Å². The predicted octanol–water partition coefficient (Wildman–Crippen LogP) is 4.65. The maximum Gasteiger partial charge on any atom is 0.258 e. The van der Waals surface area contributed by atoms with Crippen molar-refractivity contribution < 1.29 is 13.7 Å². The molecule has 0 aliphatic carbocycles. The molecule has 4 aromatic rings. The van der Waals surface area contributed by atoms with Crippen LogP contribution in [0.3, 0.4) is 0 Å². The van der Waals surface area contributed by atoms with Crippen LogP contribution in [0.4, 0.5) is 10.1 Å². The van der Waals surface area contributed by atoms with Crippen molar-refractivity contribution in [2.75, 3.05) is 5.32 Å². The smallest absolute Gasteiger partial charge is 0.258 e. The molecule has 2 aromatic carbocycles. The Kier molecular flexibility index (Phi) is 5.33. The number of anilines is 1. The maximum atomic E-state index is 13.4. The highest BCUT2D eigenvalue weighted by molar-refractivity contribution is 6.31. The monoisotopic (exact) mass is 425 g/mol. The van der Waals surface area contributed by atoms with Gasteiger partial charge in [-0.1, -0.05) is 28.9 Å². The lowest BCUT2D eigenvalue weighted by Gasteiger charge is -2.08. The molecular weight excluding hydrogens is 409 g/mol. The highest BCUT2D eigenvalue weighted by Crippen LogP contribution is 2.23. The Morgan fingerprint density at radius 1 is 1.20 bits per heavy atom. The van der Waals surface area contributed by atoms with Gasteiger partial charge in [-0.25, -0.2) is 9.37 Å². The van der Waals surface area contributed by atoms with Gasteiger partial charge in [0.25, 0.3) is 5.89 Å². The predicted molar refractivity (Wildman–Crippen MR) is 110 cm³/mol. The summed E-state index contributed by atoms with van der Waals surface area (Å²) in [6.07, 6.45) is 1.66. The fourth-order valence-corrected chi connectivity index (χ4v) is 3.05. The Hall–Kier alpha value is -3.52. The Morgan fingerprint density at radius 3 is 2.80 bits per heavy atom. The van der Waals surface area contributed by atoms with Crippen LogP contribution in [-0.2, 0) is 11.3 Å². The maximum absolute atomic E-state index is 13.4.